The number of hydrogen-bond donors (Lipinski definition) is 1. The Morgan fingerprint density at radius 3 is 2.12 bits per heavy atom. The molecule has 3 nitrogen and oxygen atoms in total. The standard InChI is InChI=1S/C12H18O3S/c1-3-10-4-6-11(7-5-10)8-12(13)9-16(2,14)15/h4-7,12-13H,3,8-9H2,1-2H3. The highest BCUT2D eigenvalue weighted by molar-refractivity contribution is 7.90. The van der Waals surface area contributed by atoms with E-state index in [0.717, 1.165) is 18.2 Å². The Morgan fingerprint density at radius 2 is 1.69 bits per heavy atom. The predicted molar refractivity (Wildman–Crippen MR) is 65.2 cm³/mol. The van der Waals surface area contributed by atoms with Crippen LogP contribution < -0.4 is 0 Å². The lowest BCUT2D eigenvalue weighted by molar-refractivity contribution is 0.198. The molecule has 0 radical (unpaired) electrons. The Hall–Kier alpha value is -0.870. The molecule has 0 aromatic heterocycles. The summed E-state index contributed by atoms with van der Waals surface area (Å²) in [5.41, 5.74) is 2.20. The molecule has 4 heteroatoms. The molecule has 16 heavy (non-hydrogen) atoms. The maximum Gasteiger partial charge on any atom is 0.150 e. The van der Waals surface area contributed by atoms with E-state index in [2.05, 4.69) is 6.92 Å². The monoisotopic (exact) mass is 242 g/mol. The van der Waals surface area contributed by atoms with E-state index in [-0.39, 0.29) is 5.75 Å². The molecule has 0 spiro atoms. The van der Waals surface area contributed by atoms with Crippen LogP contribution in [0, 0.1) is 0 Å². The van der Waals surface area contributed by atoms with Crippen LogP contribution in [0.3, 0.4) is 0 Å². The zero-order valence-corrected chi connectivity index (χ0v) is 10.5. The number of hydrogen-bond acceptors (Lipinski definition) is 3. The number of aliphatic hydroxyl groups excluding tert-OH is 1. The second kappa shape index (κ2) is 5.46. The van der Waals surface area contributed by atoms with Gasteiger partial charge < -0.3 is 5.11 Å². The minimum Gasteiger partial charge on any atom is -0.392 e. The summed E-state index contributed by atoms with van der Waals surface area (Å²) in [6, 6.07) is 7.87. The van der Waals surface area contributed by atoms with E-state index in [4.69, 9.17) is 0 Å². The lowest BCUT2D eigenvalue weighted by atomic mass is 10.1. The summed E-state index contributed by atoms with van der Waals surface area (Å²) in [5.74, 6) is -0.178. The number of benzene rings is 1. The smallest absolute Gasteiger partial charge is 0.150 e. The Balaban J connectivity index is 2.59. The van der Waals surface area contributed by atoms with E-state index in [9.17, 15) is 13.5 Å². The maximum absolute atomic E-state index is 11.0. The van der Waals surface area contributed by atoms with Gasteiger partial charge in [0.15, 0.2) is 0 Å². The molecule has 0 aliphatic carbocycles. The molecule has 1 unspecified atom stereocenters. The molecule has 0 aliphatic rings. The molecule has 1 N–H and O–H groups in total. The zero-order valence-electron chi connectivity index (χ0n) is 9.68. The van der Waals surface area contributed by atoms with Gasteiger partial charge in [-0.3, -0.25) is 0 Å². The molecule has 1 rings (SSSR count). The highest BCUT2D eigenvalue weighted by Gasteiger charge is 2.12. The number of sulfone groups is 1. The maximum atomic E-state index is 11.0. The summed E-state index contributed by atoms with van der Waals surface area (Å²) in [6.45, 7) is 2.08. The molecule has 0 bridgehead atoms. The van der Waals surface area contributed by atoms with Crippen LogP contribution in [0.15, 0.2) is 24.3 Å². The van der Waals surface area contributed by atoms with Gasteiger partial charge in [-0.05, 0) is 24.0 Å². The Kier molecular flexibility index (Phi) is 4.50. The fourth-order valence-electron chi connectivity index (χ4n) is 1.59. The van der Waals surface area contributed by atoms with Crippen molar-refractivity contribution in [1.29, 1.82) is 0 Å². The first-order valence-corrected chi connectivity index (χ1v) is 7.40. The topological polar surface area (TPSA) is 54.4 Å². The SMILES string of the molecule is CCc1ccc(CC(O)CS(C)(=O)=O)cc1. The predicted octanol–water partition coefficient (Wildman–Crippen LogP) is 1.20. The molecule has 0 amide bonds. The van der Waals surface area contributed by atoms with E-state index < -0.39 is 15.9 Å². The molecule has 0 aliphatic heterocycles. The van der Waals surface area contributed by atoms with E-state index in [1.54, 1.807) is 0 Å². The summed E-state index contributed by atoms with van der Waals surface area (Å²) in [4.78, 5) is 0. The molecule has 1 aromatic rings. The second-order valence-electron chi connectivity index (χ2n) is 4.12. The van der Waals surface area contributed by atoms with Gasteiger partial charge in [0, 0.05) is 6.26 Å². The van der Waals surface area contributed by atoms with Gasteiger partial charge in [0.05, 0.1) is 11.9 Å². The molecule has 1 aromatic carbocycles. The average molecular weight is 242 g/mol. The molecule has 0 fully saturated rings. The summed E-state index contributed by atoms with van der Waals surface area (Å²) in [5, 5.41) is 9.59. The average Bonchev–Trinajstić information content (AvgIpc) is 2.16. The van der Waals surface area contributed by atoms with Crippen LogP contribution in [0.25, 0.3) is 0 Å². The van der Waals surface area contributed by atoms with Gasteiger partial charge in [-0.25, -0.2) is 8.42 Å². The van der Waals surface area contributed by atoms with Crippen LogP contribution >= 0.6 is 0 Å². The molecule has 0 saturated carbocycles. The summed E-state index contributed by atoms with van der Waals surface area (Å²) in [7, 11) is -3.11. The van der Waals surface area contributed by atoms with E-state index in [1.165, 1.54) is 5.56 Å². The molecule has 1 atom stereocenters. The molecule has 0 heterocycles. The first-order chi connectivity index (χ1) is 7.40. The first-order valence-electron chi connectivity index (χ1n) is 5.34. The van der Waals surface area contributed by atoms with Crippen molar-refractivity contribution in [3.05, 3.63) is 35.4 Å². The fourth-order valence-corrected chi connectivity index (χ4v) is 2.41. The Bertz CT molecular complexity index is 420. The number of aliphatic hydroxyl groups is 1. The Labute approximate surface area is 97.0 Å². The first kappa shape index (κ1) is 13.2. The van der Waals surface area contributed by atoms with Gasteiger partial charge in [0.2, 0.25) is 0 Å². The largest absolute Gasteiger partial charge is 0.392 e. The second-order valence-corrected chi connectivity index (χ2v) is 6.31. The fraction of sp³-hybridized carbons (Fsp3) is 0.500. The quantitative estimate of drug-likeness (QED) is 0.844. The van der Waals surface area contributed by atoms with Crippen molar-refractivity contribution in [2.75, 3.05) is 12.0 Å². The number of rotatable bonds is 5. The third-order valence-electron chi connectivity index (χ3n) is 2.40. The highest BCUT2D eigenvalue weighted by Crippen LogP contribution is 2.08. The summed E-state index contributed by atoms with van der Waals surface area (Å²) < 4.78 is 21.9. The van der Waals surface area contributed by atoms with Crippen LogP contribution in [0.2, 0.25) is 0 Å². The lowest BCUT2D eigenvalue weighted by Crippen LogP contribution is -2.22. The van der Waals surface area contributed by atoms with E-state index in [1.807, 2.05) is 24.3 Å². The molecular formula is C12H18O3S. The zero-order chi connectivity index (χ0) is 12.2. The van der Waals surface area contributed by atoms with Gasteiger partial charge in [0.25, 0.3) is 0 Å². The van der Waals surface area contributed by atoms with Gasteiger partial charge in [0.1, 0.15) is 9.84 Å². The summed E-state index contributed by atoms with van der Waals surface area (Å²) in [6.07, 6.45) is 1.68. The van der Waals surface area contributed by atoms with Crippen LogP contribution in [0.4, 0.5) is 0 Å². The third-order valence-corrected chi connectivity index (χ3v) is 3.39. The van der Waals surface area contributed by atoms with Crippen molar-refractivity contribution in [3.63, 3.8) is 0 Å². The molecule has 90 valence electrons. The highest BCUT2D eigenvalue weighted by atomic mass is 32.2. The van der Waals surface area contributed by atoms with Crippen molar-refractivity contribution < 1.29 is 13.5 Å². The minimum atomic E-state index is -3.11. The van der Waals surface area contributed by atoms with E-state index >= 15 is 0 Å². The van der Waals surface area contributed by atoms with Crippen LogP contribution in [-0.2, 0) is 22.7 Å². The van der Waals surface area contributed by atoms with Crippen LogP contribution in [-0.4, -0.2) is 31.6 Å². The lowest BCUT2D eigenvalue weighted by Gasteiger charge is -2.09. The number of aryl methyl sites for hydroxylation is 1. The van der Waals surface area contributed by atoms with Gasteiger partial charge in [-0.2, -0.15) is 0 Å². The third kappa shape index (κ3) is 4.77. The minimum absolute atomic E-state index is 0.178. The summed E-state index contributed by atoms with van der Waals surface area (Å²) >= 11 is 0. The van der Waals surface area contributed by atoms with Gasteiger partial charge in [-0.15, -0.1) is 0 Å². The van der Waals surface area contributed by atoms with Crippen molar-refractivity contribution in [2.24, 2.45) is 0 Å². The van der Waals surface area contributed by atoms with Crippen LogP contribution in [0.5, 0.6) is 0 Å². The van der Waals surface area contributed by atoms with Crippen molar-refractivity contribution in [2.45, 2.75) is 25.9 Å². The Morgan fingerprint density at radius 1 is 1.19 bits per heavy atom. The normalized spacial score (nSPS) is 13.7. The van der Waals surface area contributed by atoms with E-state index in [0.29, 0.717) is 6.42 Å². The molecule has 0 saturated heterocycles. The molecular weight excluding hydrogens is 224 g/mol. The van der Waals surface area contributed by atoms with Crippen molar-refractivity contribution >= 4 is 9.84 Å². The van der Waals surface area contributed by atoms with Crippen molar-refractivity contribution in [1.82, 2.24) is 0 Å². The van der Waals surface area contributed by atoms with Gasteiger partial charge >= 0.3 is 0 Å². The van der Waals surface area contributed by atoms with Crippen LogP contribution in [0.1, 0.15) is 18.1 Å². The van der Waals surface area contributed by atoms with Gasteiger partial charge in [-0.1, -0.05) is 31.2 Å². The van der Waals surface area contributed by atoms with Crippen molar-refractivity contribution in [3.8, 4) is 0 Å².